The van der Waals surface area contributed by atoms with Gasteiger partial charge in [0, 0.05) is 25.4 Å². The fourth-order valence-electron chi connectivity index (χ4n) is 3.67. The van der Waals surface area contributed by atoms with Gasteiger partial charge in [0.25, 0.3) is 0 Å². The fraction of sp³-hybridized carbons (Fsp3) is 0.565. The summed E-state index contributed by atoms with van der Waals surface area (Å²) in [5, 5.41) is 14.5. The SMILES string of the molecule is C=C(C)/C(=N\C(=N)Nc1ccc(OCCN2CCCC2)cc1)NCC1CCCCO1. The van der Waals surface area contributed by atoms with Gasteiger partial charge in [0.15, 0.2) is 0 Å². The number of aliphatic imine (C=N–C) groups is 1. The summed E-state index contributed by atoms with van der Waals surface area (Å²) in [4.78, 5) is 6.79. The number of nitrogens with one attached hydrogen (secondary N) is 3. The fourth-order valence-corrected chi connectivity index (χ4v) is 3.67. The van der Waals surface area contributed by atoms with Gasteiger partial charge in [0.1, 0.15) is 18.2 Å². The Hall–Kier alpha value is -2.38. The molecule has 0 saturated carbocycles. The lowest BCUT2D eigenvalue weighted by Gasteiger charge is -2.23. The Morgan fingerprint density at radius 3 is 2.67 bits per heavy atom. The van der Waals surface area contributed by atoms with Gasteiger partial charge in [0.2, 0.25) is 5.96 Å². The third-order valence-electron chi connectivity index (χ3n) is 5.39. The van der Waals surface area contributed by atoms with E-state index in [-0.39, 0.29) is 12.1 Å². The van der Waals surface area contributed by atoms with Crippen molar-refractivity contribution >= 4 is 17.5 Å². The molecular formula is C23H35N5O2. The maximum absolute atomic E-state index is 8.18. The summed E-state index contributed by atoms with van der Waals surface area (Å²) in [6.45, 7) is 11.4. The van der Waals surface area contributed by atoms with Crippen molar-refractivity contribution in [1.82, 2.24) is 10.2 Å². The molecule has 1 unspecified atom stereocenters. The van der Waals surface area contributed by atoms with Gasteiger partial charge in [0.05, 0.1) is 6.10 Å². The summed E-state index contributed by atoms with van der Waals surface area (Å²) in [6, 6.07) is 7.64. The van der Waals surface area contributed by atoms with Crippen LogP contribution in [0, 0.1) is 5.41 Å². The summed E-state index contributed by atoms with van der Waals surface area (Å²) in [5.41, 5.74) is 1.59. The normalized spacial score (nSPS) is 20.0. The Bertz CT molecular complexity index is 720. The van der Waals surface area contributed by atoms with Crippen molar-refractivity contribution < 1.29 is 9.47 Å². The molecule has 7 heteroatoms. The smallest absolute Gasteiger partial charge is 0.221 e. The van der Waals surface area contributed by atoms with E-state index in [4.69, 9.17) is 14.9 Å². The molecule has 2 heterocycles. The predicted molar refractivity (Wildman–Crippen MR) is 123 cm³/mol. The van der Waals surface area contributed by atoms with Crippen LogP contribution in [0.4, 0.5) is 5.69 Å². The Balaban J connectivity index is 1.44. The monoisotopic (exact) mass is 413 g/mol. The number of hydrogen-bond acceptors (Lipinski definition) is 4. The van der Waals surface area contributed by atoms with E-state index in [1.165, 1.54) is 32.4 Å². The Labute approximate surface area is 180 Å². The first-order valence-electron chi connectivity index (χ1n) is 11.0. The van der Waals surface area contributed by atoms with Crippen molar-refractivity contribution in [1.29, 1.82) is 5.41 Å². The maximum atomic E-state index is 8.18. The van der Waals surface area contributed by atoms with Crippen LogP contribution in [-0.2, 0) is 4.74 Å². The summed E-state index contributed by atoms with van der Waals surface area (Å²) >= 11 is 0. The van der Waals surface area contributed by atoms with Crippen LogP contribution in [0.25, 0.3) is 0 Å². The van der Waals surface area contributed by atoms with Gasteiger partial charge in [-0.15, -0.1) is 0 Å². The highest BCUT2D eigenvalue weighted by atomic mass is 16.5. The molecular weight excluding hydrogens is 378 g/mol. The molecule has 164 valence electrons. The number of likely N-dealkylation sites (tertiary alicyclic amines) is 1. The lowest BCUT2D eigenvalue weighted by atomic mass is 10.1. The zero-order valence-corrected chi connectivity index (χ0v) is 18.1. The van der Waals surface area contributed by atoms with E-state index < -0.39 is 0 Å². The summed E-state index contributed by atoms with van der Waals surface area (Å²) < 4.78 is 11.6. The molecule has 1 atom stereocenters. The molecule has 7 nitrogen and oxygen atoms in total. The van der Waals surface area contributed by atoms with Gasteiger partial charge in [-0.1, -0.05) is 6.58 Å². The zero-order valence-electron chi connectivity index (χ0n) is 18.1. The molecule has 2 aliphatic rings. The molecule has 1 aromatic rings. The number of rotatable bonds is 8. The van der Waals surface area contributed by atoms with Gasteiger partial charge in [-0.3, -0.25) is 10.3 Å². The predicted octanol–water partition coefficient (Wildman–Crippen LogP) is 3.64. The van der Waals surface area contributed by atoms with Crippen molar-refractivity contribution in [3.05, 3.63) is 36.4 Å². The van der Waals surface area contributed by atoms with Crippen LogP contribution >= 0.6 is 0 Å². The van der Waals surface area contributed by atoms with Crippen molar-refractivity contribution in [3.63, 3.8) is 0 Å². The van der Waals surface area contributed by atoms with Crippen LogP contribution in [-0.4, -0.2) is 62.2 Å². The van der Waals surface area contributed by atoms with Crippen molar-refractivity contribution in [2.75, 3.05) is 44.7 Å². The second-order valence-corrected chi connectivity index (χ2v) is 8.01. The number of benzene rings is 1. The standard InChI is InChI=1S/C23H35N5O2/c1-18(2)22(25-17-21-7-3-6-15-29-21)27-23(24)26-19-8-10-20(11-9-19)30-16-14-28-12-4-5-13-28/h8-11,21H,1,3-7,12-17H2,2H3,(H3,24,25,26,27). The molecule has 2 aliphatic heterocycles. The number of ether oxygens (including phenoxy) is 2. The molecule has 3 rings (SSSR count). The summed E-state index contributed by atoms with van der Waals surface area (Å²) in [5.74, 6) is 1.52. The second-order valence-electron chi connectivity index (χ2n) is 8.01. The molecule has 0 aromatic heterocycles. The van der Waals surface area contributed by atoms with E-state index in [9.17, 15) is 0 Å². The van der Waals surface area contributed by atoms with Crippen LogP contribution < -0.4 is 15.4 Å². The van der Waals surface area contributed by atoms with E-state index in [2.05, 4.69) is 27.1 Å². The molecule has 3 N–H and O–H groups in total. The van der Waals surface area contributed by atoms with Gasteiger partial charge in [-0.2, -0.15) is 4.99 Å². The summed E-state index contributed by atoms with van der Waals surface area (Å²) in [6.07, 6.45) is 6.18. The number of guanidine groups is 1. The molecule has 0 spiro atoms. The molecule has 0 amide bonds. The molecule has 2 fully saturated rings. The molecule has 2 saturated heterocycles. The lowest BCUT2D eigenvalue weighted by Crippen LogP contribution is -2.36. The average molecular weight is 414 g/mol. The molecule has 1 aromatic carbocycles. The Morgan fingerprint density at radius 1 is 1.23 bits per heavy atom. The minimum absolute atomic E-state index is 0.0627. The molecule has 0 aliphatic carbocycles. The first-order chi connectivity index (χ1) is 14.6. The first kappa shape index (κ1) is 22.3. The van der Waals surface area contributed by atoms with E-state index in [0.717, 1.165) is 43.0 Å². The van der Waals surface area contributed by atoms with Gasteiger partial charge in [-0.05, 0) is 82.0 Å². The van der Waals surface area contributed by atoms with Gasteiger partial charge in [-0.25, -0.2) is 0 Å². The number of amidine groups is 1. The van der Waals surface area contributed by atoms with Crippen LogP contribution in [0.1, 0.15) is 39.0 Å². The summed E-state index contributed by atoms with van der Waals surface area (Å²) in [7, 11) is 0. The lowest BCUT2D eigenvalue weighted by molar-refractivity contribution is 0.0196. The van der Waals surface area contributed by atoms with E-state index in [0.29, 0.717) is 19.0 Å². The van der Waals surface area contributed by atoms with E-state index in [1.54, 1.807) is 0 Å². The number of anilines is 1. The number of nitrogens with zero attached hydrogens (tertiary/aromatic N) is 2. The van der Waals surface area contributed by atoms with E-state index >= 15 is 0 Å². The second kappa shape index (κ2) is 11.7. The van der Waals surface area contributed by atoms with E-state index in [1.807, 2.05) is 31.2 Å². The third kappa shape index (κ3) is 7.46. The highest BCUT2D eigenvalue weighted by molar-refractivity contribution is 6.07. The minimum Gasteiger partial charge on any atom is -0.492 e. The van der Waals surface area contributed by atoms with Crippen LogP contribution in [0.3, 0.4) is 0 Å². The van der Waals surface area contributed by atoms with Crippen LogP contribution in [0.5, 0.6) is 5.75 Å². The third-order valence-corrected chi connectivity index (χ3v) is 5.39. The zero-order chi connectivity index (χ0) is 21.2. The Kier molecular flexibility index (Phi) is 8.71. The largest absolute Gasteiger partial charge is 0.492 e. The molecule has 30 heavy (non-hydrogen) atoms. The Morgan fingerprint density at radius 2 is 2.00 bits per heavy atom. The maximum Gasteiger partial charge on any atom is 0.221 e. The van der Waals surface area contributed by atoms with Crippen molar-refractivity contribution in [2.24, 2.45) is 4.99 Å². The first-order valence-corrected chi connectivity index (χ1v) is 11.0. The van der Waals surface area contributed by atoms with Crippen molar-refractivity contribution in [3.8, 4) is 5.75 Å². The highest BCUT2D eigenvalue weighted by Gasteiger charge is 2.15. The highest BCUT2D eigenvalue weighted by Crippen LogP contribution is 2.16. The average Bonchev–Trinajstić information content (AvgIpc) is 3.26. The molecule has 0 radical (unpaired) electrons. The van der Waals surface area contributed by atoms with Crippen molar-refractivity contribution in [2.45, 2.75) is 45.1 Å². The topological polar surface area (TPSA) is 82.0 Å². The van der Waals surface area contributed by atoms with Crippen LogP contribution in [0.2, 0.25) is 0 Å². The molecule has 0 bridgehead atoms. The van der Waals surface area contributed by atoms with Crippen LogP contribution in [0.15, 0.2) is 41.4 Å². The van der Waals surface area contributed by atoms with Gasteiger partial charge < -0.3 is 20.1 Å². The minimum atomic E-state index is 0.0627. The number of hydrogen-bond donors (Lipinski definition) is 3. The quantitative estimate of drug-likeness (QED) is 0.448. The van der Waals surface area contributed by atoms with Gasteiger partial charge >= 0.3 is 0 Å².